The Balaban J connectivity index is 4.36. The van der Waals surface area contributed by atoms with E-state index in [1.165, 1.54) is 0 Å². The lowest BCUT2D eigenvalue weighted by Crippen LogP contribution is -2.23. The Labute approximate surface area is 85.4 Å². The maximum atomic E-state index is 10.5. The molecule has 0 aromatic heterocycles. The predicted octanol–water partition coefficient (Wildman–Crippen LogP) is 2.06. The van der Waals surface area contributed by atoms with Crippen LogP contribution in [0.2, 0.25) is 0 Å². The van der Waals surface area contributed by atoms with E-state index < -0.39 is 5.97 Å². The number of allylic oxidation sites excluding steroid dienone is 1. The fraction of sp³-hybridized carbons (Fsp3) is 0.727. The molecule has 0 saturated heterocycles. The van der Waals surface area contributed by atoms with Crippen molar-refractivity contribution in [3.63, 3.8) is 0 Å². The number of aliphatic carboxylic acids is 1. The number of carboxylic acid groups (broad SMARTS) is 1. The molecule has 14 heavy (non-hydrogen) atoms. The van der Waals surface area contributed by atoms with Gasteiger partial charge in [0.25, 0.3) is 0 Å². The molecule has 0 aliphatic rings. The first-order valence-electron chi connectivity index (χ1n) is 4.80. The molecule has 0 bridgehead atoms. The highest BCUT2D eigenvalue weighted by Gasteiger charge is 2.22. The van der Waals surface area contributed by atoms with Gasteiger partial charge in [0.2, 0.25) is 0 Å². The van der Waals surface area contributed by atoms with Crippen molar-refractivity contribution in [2.45, 2.75) is 34.1 Å². The summed E-state index contributed by atoms with van der Waals surface area (Å²) in [5, 5.41) is 17.8. The van der Waals surface area contributed by atoms with Crippen LogP contribution < -0.4 is 0 Å². The fourth-order valence-electron chi connectivity index (χ4n) is 1.11. The van der Waals surface area contributed by atoms with Crippen molar-refractivity contribution in [3.05, 3.63) is 11.6 Å². The molecule has 0 rings (SSSR count). The van der Waals surface area contributed by atoms with E-state index in [1.54, 1.807) is 13.0 Å². The van der Waals surface area contributed by atoms with Crippen molar-refractivity contribution >= 4 is 5.97 Å². The lowest BCUT2D eigenvalue weighted by atomic mass is 9.79. The molecule has 0 radical (unpaired) electrons. The van der Waals surface area contributed by atoms with E-state index in [2.05, 4.69) is 0 Å². The van der Waals surface area contributed by atoms with Crippen LogP contribution in [0.25, 0.3) is 0 Å². The molecule has 0 spiro atoms. The molecule has 1 unspecified atom stereocenters. The Morgan fingerprint density at radius 3 is 2.21 bits per heavy atom. The second-order valence-corrected chi connectivity index (χ2v) is 4.67. The minimum Gasteiger partial charge on any atom is -0.478 e. The molecule has 0 heterocycles. The number of carboxylic acids is 1. The number of aliphatic hydroxyl groups is 1. The zero-order chi connectivity index (χ0) is 11.4. The van der Waals surface area contributed by atoms with Gasteiger partial charge in [-0.2, -0.15) is 0 Å². The summed E-state index contributed by atoms with van der Waals surface area (Å²) in [7, 11) is 0. The molecular formula is C11H20O3. The van der Waals surface area contributed by atoms with Gasteiger partial charge in [0, 0.05) is 12.2 Å². The van der Waals surface area contributed by atoms with Crippen LogP contribution in [0.4, 0.5) is 0 Å². The maximum absolute atomic E-state index is 10.5. The summed E-state index contributed by atoms with van der Waals surface area (Å²) in [6.07, 6.45) is 2.28. The van der Waals surface area contributed by atoms with Crippen LogP contribution in [0.3, 0.4) is 0 Å². The molecule has 0 aromatic carbocycles. The third-order valence-corrected chi connectivity index (χ3v) is 2.49. The Morgan fingerprint density at radius 2 is 1.93 bits per heavy atom. The maximum Gasteiger partial charge on any atom is 0.330 e. The van der Waals surface area contributed by atoms with E-state index in [9.17, 15) is 4.79 Å². The van der Waals surface area contributed by atoms with Crippen LogP contribution in [-0.4, -0.2) is 22.8 Å². The molecule has 3 heteroatoms. The van der Waals surface area contributed by atoms with Crippen LogP contribution >= 0.6 is 0 Å². The monoisotopic (exact) mass is 200 g/mol. The van der Waals surface area contributed by atoms with Gasteiger partial charge in [-0.1, -0.05) is 26.8 Å². The average molecular weight is 200 g/mol. The van der Waals surface area contributed by atoms with Gasteiger partial charge in [0.05, 0.1) is 0 Å². The number of aliphatic hydroxyl groups excluding tert-OH is 1. The second-order valence-electron chi connectivity index (χ2n) is 4.67. The van der Waals surface area contributed by atoms with Crippen molar-refractivity contribution in [2.24, 2.45) is 11.3 Å². The van der Waals surface area contributed by atoms with E-state index in [0.717, 1.165) is 0 Å². The van der Waals surface area contributed by atoms with Gasteiger partial charge in [0.15, 0.2) is 0 Å². The number of hydrogen-bond donors (Lipinski definition) is 2. The number of carbonyl (C=O) groups is 1. The summed E-state index contributed by atoms with van der Waals surface area (Å²) in [6, 6.07) is 0. The molecule has 1 atom stereocenters. The summed E-state index contributed by atoms with van der Waals surface area (Å²) < 4.78 is 0. The Hall–Kier alpha value is -0.830. The molecule has 0 fully saturated rings. The molecule has 82 valence electrons. The highest BCUT2D eigenvalue weighted by molar-refractivity contribution is 5.85. The standard InChI is InChI=1S/C11H20O3/c1-8(10(13)14)5-6-9(7-12)11(2,3)4/h5,9,12H,6-7H2,1-4H3,(H,13,14)/b8-5+. The van der Waals surface area contributed by atoms with Crippen molar-refractivity contribution in [1.82, 2.24) is 0 Å². The minimum absolute atomic E-state index is 0.00400. The predicted molar refractivity (Wildman–Crippen MR) is 56.0 cm³/mol. The third kappa shape index (κ3) is 4.42. The lowest BCUT2D eigenvalue weighted by molar-refractivity contribution is -0.132. The van der Waals surface area contributed by atoms with E-state index in [0.29, 0.717) is 12.0 Å². The SMILES string of the molecule is C/C(=C\CC(CO)C(C)(C)C)C(=O)O. The Morgan fingerprint density at radius 1 is 1.43 bits per heavy atom. The van der Waals surface area contributed by atoms with E-state index >= 15 is 0 Å². The first-order chi connectivity index (χ1) is 6.29. The Kier molecular flexibility index (Phi) is 4.85. The second kappa shape index (κ2) is 5.15. The zero-order valence-electron chi connectivity index (χ0n) is 9.37. The lowest BCUT2D eigenvalue weighted by Gasteiger charge is -2.28. The van der Waals surface area contributed by atoms with E-state index in [1.807, 2.05) is 20.8 Å². The number of hydrogen-bond acceptors (Lipinski definition) is 2. The highest BCUT2D eigenvalue weighted by Crippen LogP contribution is 2.28. The van der Waals surface area contributed by atoms with Crippen LogP contribution in [0, 0.1) is 11.3 Å². The van der Waals surface area contributed by atoms with Gasteiger partial charge >= 0.3 is 5.97 Å². The van der Waals surface area contributed by atoms with Crippen LogP contribution in [0.1, 0.15) is 34.1 Å². The van der Waals surface area contributed by atoms with Crippen molar-refractivity contribution < 1.29 is 15.0 Å². The Bertz CT molecular complexity index is 223. The summed E-state index contributed by atoms with van der Waals surface area (Å²) in [4.78, 5) is 10.5. The van der Waals surface area contributed by atoms with Crippen LogP contribution in [-0.2, 0) is 4.79 Å². The van der Waals surface area contributed by atoms with Crippen molar-refractivity contribution in [2.75, 3.05) is 6.61 Å². The summed E-state index contributed by atoms with van der Waals surface area (Å²) in [5.41, 5.74) is 0.344. The summed E-state index contributed by atoms with van der Waals surface area (Å²) >= 11 is 0. The van der Waals surface area contributed by atoms with Gasteiger partial charge < -0.3 is 10.2 Å². The van der Waals surface area contributed by atoms with E-state index in [4.69, 9.17) is 10.2 Å². The topological polar surface area (TPSA) is 57.5 Å². The largest absolute Gasteiger partial charge is 0.478 e. The number of rotatable bonds is 4. The molecule has 0 saturated carbocycles. The van der Waals surface area contributed by atoms with Crippen molar-refractivity contribution in [1.29, 1.82) is 0 Å². The zero-order valence-corrected chi connectivity index (χ0v) is 9.37. The molecular weight excluding hydrogens is 180 g/mol. The molecule has 0 aromatic rings. The quantitative estimate of drug-likeness (QED) is 0.683. The molecule has 0 aliphatic heterocycles. The fourth-order valence-corrected chi connectivity index (χ4v) is 1.11. The highest BCUT2D eigenvalue weighted by atomic mass is 16.4. The molecule has 0 aliphatic carbocycles. The van der Waals surface area contributed by atoms with Crippen molar-refractivity contribution in [3.8, 4) is 0 Å². The van der Waals surface area contributed by atoms with E-state index in [-0.39, 0.29) is 17.9 Å². The van der Waals surface area contributed by atoms with Crippen LogP contribution in [0.15, 0.2) is 11.6 Å². The van der Waals surface area contributed by atoms with Gasteiger partial charge in [-0.15, -0.1) is 0 Å². The van der Waals surface area contributed by atoms with Crippen LogP contribution in [0.5, 0.6) is 0 Å². The van der Waals surface area contributed by atoms with Gasteiger partial charge in [-0.25, -0.2) is 4.79 Å². The van der Waals surface area contributed by atoms with Gasteiger partial charge in [-0.05, 0) is 24.7 Å². The van der Waals surface area contributed by atoms with Gasteiger partial charge in [0.1, 0.15) is 0 Å². The first kappa shape index (κ1) is 13.2. The summed E-state index contributed by atoms with van der Waals surface area (Å²) in [5.74, 6) is -0.785. The van der Waals surface area contributed by atoms with Gasteiger partial charge in [-0.3, -0.25) is 0 Å². The molecule has 2 N–H and O–H groups in total. The average Bonchev–Trinajstić information content (AvgIpc) is 2.02. The molecule has 3 nitrogen and oxygen atoms in total. The molecule has 0 amide bonds. The minimum atomic E-state index is -0.893. The summed E-state index contributed by atoms with van der Waals surface area (Å²) in [6.45, 7) is 7.78. The normalized spacial score (nSPS) is 15.4. The third-order valence-electron chi connectivity index (χ3n) is 2.49. The smallest absolute Gasteiger partial charge is 0.330 e. The first-order valence-corrected chi connectivity index (χ1v) is 4.80.